The molecule has 1 aromatic rings. The van der Waals surface area contributed by atoms with Gasteiger partial charge in [-0.3, -0.25) is 0 Å². The number of ether oxygens (including phenoxy) is 1. The molecule has 1 heterocycles. The highest BCUT2D eigenvalue weighted by Gasteiger charge is 2.38. The summed E-state index contributed by atoms with van der Waals surface area (Å²) in [7, 11) is 0. The van der Waals surface area contributed by atoms with Crippen LogP contribution >= 0.6 is 15.9 Å². The van der Waals surface area contributed by atoms with Crippen molar-refractivity contribution < 1.29 is 9.13 Å². The lowest BCUT2D eigenvalue weighted by Gasteiger charge is -2.27. The summed E-state index contributed by atoms with van der Waals surface area (Å²) < 4.78 is 19.2. The Kier molecular flexibility index (Phi) is 3.33. The summed E-state index contributed by atoms with van der Waals surface area (Å²) in [4.78, 5) is 0. The molecule has 2 N–H and O–H groups in total. The molecule has 1 fully saturated rings. The Labute approximate surface area is 103 Å². The first-order valence-corrected chi connectivity index (χ1v) is 6.15. The molecule has 0 radical (unpaired) electrons. The van der Waals surface area contributed by atoms with Crippen molar-refractivity contribution in [3.05, 3.63) is 34.1 Å². The number of benzene rings is 1. The molecular weight excluding hydrogens is 273 g/mol. The fourth-order valence-electron chi connectivity index (χ4n) is 2.05. The van der Waals surface area contributed by atoms with Gasteiger partial charge in [0, 0.05) is 16.6 Å². The summed E-state index contributed by atoms with van der Waals surface area (Å²) in [5.74, 6) is -0.239. The van der Waals surface area contributed by atoms with Crippen molar-refractivity contribution >= 4 is 15.9 Å². The average molecular weight is 288 g/mol. The minimum Gasteiger partial charge on any atom is -0.377 e. The fraction of sp³-hybridized carbons (Fsp3) is 0.500. The fourth-order valence-corrected chi connectivity index (χ4v) is 2.54. The highest BCUT2D eigenvalue weighted by molar-refractivity contribution is 9.10. The van der Waals surface area contributed by atoms with E-state index in [0.717, 1.165) is 16.5 Å². The van der Waals surface area contributed by atoms with E-state index in [4.69, 9.17) is 10.5 Å². The minimum atomic E-state index is -0.333. The molecule has 2 rings (SSSR count). The number of hydrogen-bond donors (Lipinski definition) is 1. The van der Waals surface area contributed by atoms with E-state index in [0.29, 0.717) is 13.0 Å². The van der Waals surface area contributed by atoms with Gasteiger partial charge in [-0.05, 0) is 37.5 Å². The van der Waals surface area contributed by atoms with Crippen LogP contribution in [0.15, 0.2) is 22.7 Å². The molecule has 0 aliphatic carbocycles. The van der Waals surface area contributed by atoms with Crippen molar-refractivity contribution in [2.45, 2.75) is 31.4 Å². The summed E-state index contributed by atoms with van der Waals surface area (Å²) in [5, 5.41) is 0. The maximum absolute atomic E-state index is 12.9. The van der Waals surface area contributed by atoms with Crippen molar-refractivity contribution in [3.8, 4) is 0 Å². The molecule has 16 heavy (non-hydrogen) atoms. The van der Waals surface area contributed by atoms with E-state index in [1.165, 1.54) is 12.1 Å². The molecule has 2 atom stereocenters. The van der Waals surface area contributed by atoms with Crippen LogP contribution in [0.3, 0.4) is 0 Å². The SMILES string of the molecule is CC1OCCC1(N)Cc1ccc(F)cc1Br. The van der Waals surface area contributed by atoms with Gasteiger partial charge in [-0.1, -0.05) is 22.0 Å². The van der Waals surface area contributed by atoms with Gasteiger partial charge in [0.2, 0.25) is 0 Å². The Hall–Kier alpha value is -0.450. The van der Waals surface area contributed by atoms with Gasteiger partial charge in [-0.15, -0.1) is 0 Å². The van der Waals surface area contributed by atoms with Crippen molar-refractivity contribution in [2.24, 2.45) is 5.73 Å². The molecule has 1 aliphatic heterocycles. The molecule has 88 valence electrons. The van der Waals surface area contributed by atoms with Crippen molar-refractivity contribution in [3.63, 3.8) is 0 Å². The molecular formula is C12H15BrFNO. The van der Waals surface area contributed by atoms with E-state index in [-0.39, 0.29) is 17.5 Å². The van der Waals surface area contributed by atoms with Gasteiger partial charge in [0.05, 0.1) is 6.10 Å². The summed E-state index contributed by atoms with van der Waals surface area (Å²) in [5.41, 5.74) is 7.00. The lowest BCUT2D eigenvalue weighted by Crippen LogP contribution is -2.48. The van der Waals surface area contributed by atoms with E-state index in [1.54, 1.807) is 6.07 Å². The zero-order valence-corrected chi connectivity index (χ0v) is 10.8. The van der Waals surface area contributed by atoms with Crippen LogP contribution in [0.5, 0.6) is 0 Å². The van der Waals surface area contributed by atoms with Gasteiger partial charge in [0.1, 0.15) is 5.82 Å². The third kappa shape index (κ3) is 2.29. The highest BCUT2D eigenvalue weighted by Crippen LogP contribution is 2.30. The molecule has 0 saturated carbocycles. The van der Waals surface area contributed by atoms with E-state index in [9.17, 15) is 4.39 Å². The topological polar surface area (TPSA) is 35.2 Å². The second-order valence-corrected chi connectivity index (χ2v) is 5.26. The zero-order valence-electron chi connectivity index (χ0n) is 9.17. The second kappa shape index (κ2) is 4.43. The number of halogens is 2. The Bertz CT molecular complexity index is 399. The van der Waals surface area contributed by atoms with Crippen LogP contribution < -0.4 is 5.73 Å². The lowest BCUT2D eigenvalue weighted by atomic mass is 9.86. The standard InChI is InChI=1S/C12H15BrFNO/c1-8-12(15,4-5-16-8)7-9-2-3-10(14)6-11(9)13/h2-3,6,8H,4-5,7,15H2,1H3. The van der Waals surface area contributed by atoms with Crippen molar-refractivity contribution in [1.29, 1.82) is 0 Å². The molecule has 1 aliphatic rings. The highest BCUT2D eigenvalue weighted by atomic mass is 79.9. The Morgan fingerprint density at radius 2 is 2.38 bits per heavy atom. The second-order valence-electron chi connectivity index (χ2n) is 4.41. The molecule has 2 nitrogen and oxygen atoms in total. The quantitative estimate of drug-likeness (QED) is 0.908. The Balaban J connectivity index is 2.20. The summed E-state index contributed by atoms with van der Waals surface area (Å²) >= 11 is 3.36. The van der Waals surface area contributed by atoms with Gasteiger partial charge >= 0.3 is 0 Å². The predicted octanol–water partition coefficient (Wildman–Crippen LogP) is 2.64. The maximum atomic E-state index is 12.9. The molecule has 0 amide bonds. The molecule has 0 spiro atoms. The van der Waals surface area contributed by atoms with E-state index in [1.807, 2.05) is 6.92 Å². The Morgan fingerprint density at radius 3 is 2.94 bits per heavy atom. The van der Waals surface area contributed by atoms with Crippen molar-refractivity contribution in [2.75, 3.05) is 6.61 Å². The average Bonchev–Trinajstić information content (AvgIpc) is 2.52. The number of hydrogen-bond acceptors (Lipinski definition) is 2. The molecule has 1 saturated heterocycles. The van der Waals surface area contributed by atoms with Crippen LogP contribution in [0.1, 0.15) is 18.9 Å². The predicted molar refractivity (Wildman–Crippen MR) is 64.8 cm³/mol. The minimum absolute atomic E-state index is 0.0458. The first-order chi connectivity index (χ1) is 7.51. The monoisotopic (exact) mass is 287 g/mol. The third-order valence-electron chi connectivity index (χ3n) is 3.28. The maximum Gasteiger partial charge on any atom is 0.124 e. The van der Waals surface area contributed by atoms with E-state index in [2.05, 4.69) is 15.9 Å². The third-order valence-corrected chi connectivity index (χ3v) is 4.02. The first kappa shape index (κ1) is 12.0. The molecule has 4 heteroatoms. The number of nitrogens with two attached hydrogens (primary N) is 1. The van der Waals surface area contributed by atoms with Crippen LogP contribution in [0.25, 0.3) is 0 Å². The summed E-state index contributed by atoms with van der Waals surface area (Å²) in [6.07, 6.45) is 1.59. The van der Waals surface area contributed by atoms with Crippen LogP contribution in [-0.4, -0.2) is 18.2 Å². The lowest BCUT2D eigenvalue weighted by molar-refractivity contribution is 0.0954. The van der Waals surface area contributed by atoms with Gasteiger partial charge < -0.3 is 10.5 Å². The van der Waals surface area contributed by atoms with Gasteiger partial charge in [0.25, 0.3) is 0 Å². The van der Waals surface area contributed by atoms with Crippen LogP contribution in [0.4, 0.5) is 4.39 Å². The molecule has 0 bridgehead atoms. The van der Waals surface area contributed by atoms with Gasteiger partial charge in [-0.2, -0.15) is 0 Å². The zero-order chi connectivity index (χ0) is 11.8. The van der Waals surface area contributed by atoms with Crippen LogP contribution in [0, 0.1) is 5.82 Å². The van der Waals surface area contributed by atoms with Gasteiger partial charge in [0.15, 0.2) is 0 Å². The summed E-state index contributed by atoms with van der Waals surface area (Å²) in [6, 6.07) is 4.71. The van der Waals surface area contributed by atoms with Gasteiger partial charge in [-0.25, -0.2) is 4.39 Å². The van der Waals surface area contributed by atoms with E-state index >= 15 is 0 Å². The largest absolute Gasteiger partial charge is 0.377 e. The number of rotatable bonds is 2. The smallest absolute Gasteiger partial charge is 0.124 e. The molecule has 0 aromatic heterocycles. The van der Waals surface area contributed by atoms with E-state index < -0.39 is 0 Å². The van der Waals surface area contributed by atoms with Crippen molar-refractivity contribution in [1.82, 2.24) is 0 Å². The normalized spacial score (nSPS) is 29.6. The van der Waals surface area contributed by atoms with Crippen LogP contribution in [0.2, 0.25) is 0 Å². The molecule has 1 aromatic carbocycles. The van der Waals surface area contributed by atoms with Crippen LogP contribution in [-0.2, 0) is 11.2 Å². The first-order valence-electron chi connectivity index (χ1n) is 5.36. The Morgan fingerprint density at radius 1 is 1.62 bits per heavy atom. The summed E-state index contributed by atoms with van der Waals surface area (Å²) in [6.45, 7) is 2.70. The molecule has 2 unspecified atom stereocenters.